The fourth-order valence-electron chi connectivity index (χ4n) is 1.46. The van der Waals surface area contributed by atoms with E-state index in [2.05, 4.69) is 4.99 Å². The topological polar surface area (TPSA) is 41.9 Å². The second-order valence-electron chi connectivity index (χ2n) is 4.14. The summed E-state index contributed by atoms with van der Waals surface area (Å²) in [6, 6.07) is 6.99. The SMILES string of the molecule is CC(=C1N=C(c2ccc(Cl)cc2)OC1=O)N(C)C. The van der Waals surface area contributed by atoms with Crippen LogP contribution in [0.25, 0.3) is 0 Å². The van der Waals surface area contributed by atoms with E-state index < -0.39 is 5.97 Å². The molecule has 0 atom stereocenters. The van der Waals surface area contributed by atoms with Crippen molar-refractivity contribution in [2.24, 2.45) is 4.99 Å². The second-order valence-corrected chi connectivity index (χ2v) is 4.58. The van der Waals surface area contributed by atoms with Crippen molar-refractivity contribution in [3.05, 3.63) is 46.2 Å². The number of nitrogens with zero attached hydrogens (tertiary/aromatic N) is 2. The molecule has 0 N–H and O–H groups in total. The standard InChI is InChI=1S/C13H13ClN2O2/c1-8(16(2)3)11-13(17)18-12(15-11)9-4-6-10(14)7-5-9/h4-7H,1-3H3. The van der Waals surface area contributed by atoms with Crippen molar-refractivity contribution < 1.29 is 9.53 Å². The number of ether oxygens (including phenoxy) is 1. The van der Waals surface area contributed by atoms with E-state index in [1.807, 2.05) is 25.9 Å². The number of hydrogen-bond acceptors (Lipinski definition) is 4. The molecule has 1 aliphatic rings. The molecular formula is C13H13ClN2O2. The Kier molecular flexibility index (Phi) is 3.39. The molecule has 5 heteroatoms. The third kappa shape index (κ3) is 2.38. The second kappa shape index (κ2) is 4.82. The molecular weight excluding hydrogens is 252 g/mol. The summed E-state index contributed by atoms with van der Waals surface area (Å²) in [5.74, 6) is -0.112. The molecule has 0 bridgehead atoms. The van der Waals surface area contributed by atoms with Crippen LogP contribution in [0.15, 0.2) is 40.7 Å². The lowest BCUT2D eigenvalue weighted by atomic mass is 10.2. The van der Waals surface area contributed by atoms with E-state index in [9.17, 15) is 4.79 Å². The lowest BCUT2D eigenvalue weighted by Gasteiger charge is -2.12. The van der Waals surface area contributed by atoms with Crippen molar-refractivity contribution in [3.8, 4) is 0 Å². The van der Waals surface area contributed by atoms with Crippen LogP contribution in [-0.4, -0.2) is 30.9 Å². The molecule has 2 rings (SSSR count). The summed E-state index contributed by atoms with van der Waals surface area (Å²) in [5, 5.41) is 0.629. The van der Waals surface area contributed by atoms with E-state index in [1.165, 1.54) is 0 Å². The molecule has 0 aliphatic carbocycles. The van der Waals surface area contributed by atoms with Gasteiger partial charge in [0, 0.05) is 30.4 Å². The van der Waals surface area contributed by atoms with Gasteiger partial charge >= 0.3 is 5.97 Å². The molecule has 1 aromatic carbocycles. The largest absolute Gasteiger partial charge is 0.402 e. The van der Waals surface area contributed by atoms with Gasteiger partial charge in [-0.05, 0) is 31.2 Å². The number of carbonyl (C=O) groups is 1. The zero-order valence-corrected chi connectivity index (χ0v) is 11.2. The molecule has 18 heavy (non-hydrogen) atoms. The molecule has 94 valence electrons. The van der Waals surface area contributed by atoms with Crippen LogP contribution < -0.4 is 0 Å². The number of cyclic esters (lactones) is 1. The van der Waals surface area contributed by atoms with Crippen molar-refractivity contribution in [2.45, 2.75) is 6.92 Å². The highest BCUT2D eigenvalue weighted by molar-refractivity contribution is 6.30. The van der Waals surface area contributed by atoms with Crippen LogP contribution >= 0.6 is 11.6 Å². The van der Waals surface area contributed by atoms with Gasteiger partial charge in [-0.1, -0.05) is 11.6 Å². The number of halogens is 1. The van der Waals surface area contributed by atoms with Crippen molar-refractivity contribution in [2.75, 3.05) is 14.1 Å². The van der Waals surface area contributed by atoms with Gasteiger partial charge in [0.2, 0.25) is 5.90 Å². The minimum atomic E-state index is -0.425. The Morgan fingerprint density at radius 3 is 2.44 bits per heavy atom. The van der Waals surface area contributed by atoms with Gasteiger partial charge in [0.1, 0.15) is 0 Å². The molecule has 0 amide bonds. The van der Waals surface area contributed by atoms with Crippen molar-refractivity contribution in [1.29, 1.82) is 0 Å². The summed E-state index contributed by atoms with van der Waals surface area (Å²) in [6.45, 7) is 1.82. The van der Waals surface area contributed by atoms with Crippen LogP contribution in [-0.2, 0) is 9.53 Å². The minimum Gasteiger partial charge on any atom is -0.402 e. The number of hydrogen-bond donors (Lipinski definition) is 0. The molecule has 0 saturated heterocycles. The summed E-state index contributed by atoms with van der Waals surface area (Å²) in [5.41, 5.74) is 1.84. The monoisotopic (exact) mass is 264 g/mol. The first-order chi connectivity index (χ1) is 8.49. The van der Waals surface area contributed by atoms with Gasteiger partial charge in [0.05, 0.1) is 0 Å². The predicted octanol–water partition coefficient (Wildman–Crippen LogP) is 2.44. The Labute approximate surface area is 111 Å². The molecule has 0 spiro atoms. The first-order valence-electron chi connectivity index (χ1n) is 5.44. The van der Waals surface area contributed by atoms with Crippen LogP contribution in [0.5, 0.6) is 0 Å². The fourth-order valence-corrected chi connectivity index (χ4v) is 1.59. The zero-order valence-electron chi connectivity index (χ0n) is 10.4. The van der Waals surface area contributed by atoms with Gasteiger partial charge in [-0.25, -0.2) is 9.79 Å². The van der Waals surface area contributed by atoms with Gasteiger partial charge < -0.3 is 9.64 Å². The number of aliphatic imine (C=N–C) groups is 1. The van der Waals surface area contributed by atoms with E-state index in [1.54, 1.807) is 24.3 Å². The maximum atomic E-state index is 11.7. The van der Waals surface area contributed by atoms with E-state index in [0.29, 0.717) is 16.6 Å². The van der Waals surface area contributed by atoms with Gasteiger partial charge in [0.15, 0.2) is 5.70 Å². The molecule has 1 aliphatic heterocycles. The smallest absolute Gasteiger partial charge is 0.365 e. The lowest BCUT2D eigenvalue weighted by Crippen LogP contribution is -2.13. The zero-order chi connectivity index (χ0) is 13.3. The summed E-state index contributed by atoms with van der Waals surface area (Å²) in [7, 11) is 3.71. The van der Waals surface area contributed by atoms with Crippen LogP contribution in [0.2, 0.25) is 5.02 Å². The lowest BCUT2D eigenvalue weighted by molar-refractivity contribution is -0.130. The van der Waals surface area contributed by atoms with Crippen LogP contribution in [0, 0.1) is 0 Å². The fraction of sp³-hybridized carbons (Fsp3) is 0.231. The van der Waals surface area contributed by atoms with Crippen LogP contribution in [0.1, 0.15) is 12.5 Å². The third-order valence-electron chi connectivity index (χ3n) is 2.70. The molecule has 0 fully saturated rings. The first kappa shape index (κ1) is 12.6. The first-order valence-corrected chi connectivity index (χ1v) is 5.82. The normalized spacial score (nSPS) is 17.3. The van der Waals surface area contributed by atoms with Crippen LogP contribution in [0.4, 0.5) is 0 Å². The Bertz CT molecular complexity index is 545. The van der Waals surface area contributed by atoms with E-state index in [4.69, 9.17) is 16.3 Å². The Morgan fingerprint density at radius 2 is 1.89 bits per heavy atom. The highest BCUT2D eigenvalue weighted by atomic mass is 35.5. The molecule has 0 radical (unpaired) electrons. The van der Waals surface area contributed by atoms with Crippen LogP contribution in [0.3, 0.4) is 0 Å². The van der Waals surface area contributed by atoms with E-state index in [0.717, 1.165) is 11.3 Å². The summed E-state index contributed by atoms with van der Waals surface area (Å²) in [4.78, 5) is 17.8. The van der Waals surface area contributed by atoms with Crippen molar-refractivity contribution >= 4 is 23.5 Å². The number of benzene rings is 1. The van der Waals surface area contributed by atoms with Gasteiger partial charge in [0.25, 0.3) is 0 Å². The highest BCUT2D eigenvalue weighted by Crippen LogP contribution is 2.21. The molecule has 1 heterocycles. The Morgan fingerprint density at radius 1 is 1.28 bits per heavy atom. The average Bonchev–Trinajstić information content (AvgIpc) is 2.71. The number of carbonyl (C=O) groups excluding carboxylic acids is 1. The molecule has 4 nitrogen and oxygen atoms in total. The average molecular weight is 265 g/mol. The maximum Gasteiger partial charge on any atom is 0.365 e. The molecule has 0 unspecified atom stereocenters. The Balaban J connectivity index is 2.38. The quantitative estimate of drug-likeness (QED) is 0.609. The van der Waals surface area contributed by atoms with E-state index in [-0.39, 0.29) is 0 Å². The predicted molar refractivity (Wildman–Crippen MR) is 70.5 cm³/mol. The molecule has 0 aromatic heterocycles. The number of rotatable bonds is 2. The minimum absolute atomic E-state index is 0.313. The van der Waals surface area contributed by atoms with E-state index >= 15 is 0 Å². The molecule has 0 saturated carbocycles. The summed E-state index contributed by atoms with van der Waals surface area (Å²) < 4.78 is 5.15. The van der Waals surface area contributed by atoms with Gasteiger partial charge in [-0.15, -0.1) is 0 Å². The van der Waals surface area contributed by atoms with Gasteiger partial charge in [-0.2, -0.15) is 0 Å². The van der Waals surface area contributed by atoms with Crippen molar-refractivity contribution in [1.82, 2.24) is 4.90 Å². The molecule has 1 aromatic rings. The summed E-state index contributed by atoms with van der Waals surface area (Å²) in [6.07, 6.45) is 0. The number of esters is 1. The van der Waals surface area contributed by atoms with Gasteiger partial charge in [-0.3, -0.25) is 0 Å². The highest BCUT2D eigenvalue weighted by Gasteiger charge is 2.26. The third-order valence-corrected chi connectivity index (χ3v) is 2.95. The number of allylic oxidation sites excluding steroid dienone is 1. The Hall–Kier alpha value is -1.81. The summed E-state index contributed by atoms with van der Waals surface area (Å²) >= 11 is 5.80. The van der Waals surface area contributed by atoms with Crippen molar-refractivity contribution in [3.63, 3.8) is 0 Å². The maximum absolute atomic E-state index is 11.7.